The van der Waals surface area contributed by atoms with Gasteiger partial charge in [-0.2, -0.15) is 0 Å². The number of nitrogens with zero attached hydrogens (tertiary/aromatic N) is 5. The molecule has 1 aliphatic carbocycles. The van der Waals surface area contributed by atoms with Crippen LogP contribution in [0.3, 0.4) is 0 Å². The first-order valence-electron chi connectivity index (χ1n) is 7.40. The predicted molar refractivity (Wildman–Crippen MR) is 78.9 cm³/mol. The van der Waals surface area contributed by atoms with Crippen molar-refractivity contribution in [3.05, 3.63) is 12.7 Å². The number of nitrogen functional groups attached to an aromatic ring is 1. The largest absolute Gasteiger partial charge is 0.467 e. The summed E-state index contributed by atoms with van der Waals surface area (Å²) in [6.45, 7) is 0.0592. The molecule has 1 aliphatic heterocycles. The fraction of sp³-hybridized carbons (Fsp3) is 0.500. The zero-order valence-electron chi connectivity index (χ0n) is 12.5. The lowest BCUT2D eigenvalue weighted by Gasteiger charge is -2.25. The number of methoxy groups -OCH3 is 1. The van der Waals surface area contributed by atoms with Crippen LogP contribution in [-0.2, 0) is 20.9 Å². The Morgan fingerprint density at radius 2 is 2.17 bits per heavy atom. The van der Waals surface area contributed by atoms with E-state index in [1.807, 2.05) is 0 Å². The molecule has 0 spiro atoms. The maximum Gasteiger partial charge on any atom is 0.328 e. The first-order chi connectivity index (χ1) is 11.1. The van der Waals surface area contributed by atoms with Gasteiger partial charge in [-0.1, -0.05) is 0 Å². The average molecular weight is 316 g/mol. The number of amides is 1. The highest BCUT2D eigenvalue weighted by Crippen LogP contribution is 2.48. The summed E-state index contributed by atoms with van der Waals surface area (Å²) in [5.74, 6) is 0.201. The molecule has 23 heavy (non-hydrogen) atoms. The third kappa shape index (κ3) is 2.11. The van der Waals surface area contributed by atoms with Crippen molar-refractivity contribution in [1.82, 2.24) is 24.4 Å². The van der Waals surface area contributed by atoms with Crippen LogP contribution in [0.15, 0.2) is 12.7 Å². The molecule has 1 saturated heterocycles. The molecule has 2 fully saturated rings. The summed E-state index contributed by atoms with van der Waals surface area (Å²) >= 11 is 0. The van der Waals surface area contributed by atoms with Crippen molar-refractivity contribution in [2.24, 2.45) is 5.92 Å². The normalized spacial score (nSPS) is 25.4. The molecule has 0 aromatic carbocycles. The molecule has 9 nitrogen and oxygen atoms in total. The monoisotopic (exact) mass is 316 g/mol. The minimum absolute atomic E-state index is 0.0592. The number of hydrogen-bond donors (Lipinski definition) is 1. The van der Waals surface area contributed by atoms with Crippen molar-refractivity contribution in [2.75, 3.05) is 12.8 Å². The topological polar surface area (TPSA) is 116 Å². The van der Waals surface area contributed by atoms with E-state index in [9.17, 15) is 9.59 Å². The Morgan fingerprint density at radius 3 is 2.96 bits per heavy atom. The number of imidazole rings is 1. The van der Waals surface area contributed by atoms with Gasteiger partial charge < -0.3 is 19.9 Å². The average Bonchev–Trinajstić information content (AvgIpc) is 3.01. The van der Waals surface area contributed by atoms with E-state index in [-0.39, 0.29) is 30.3 Å². The predicted octanol–water partition coefficient (Wildman–Crippen LogP) is -0.429. The third-order valence-electron chi connectivity index (χ3n) is 4.60. The van der Waals surface area contributed by atoms with Gasteiger partial charge in [-0.05, 0) is 18.8 Å². The van der Waals surface area contributed by atoms with Gasteiger partial charge in [0.1, 0.15) is 24.4 Å². The molecule has 3 atom stereocenters. The molecule has 1 amide bonds. The Balaban J connectivity index is 1.59. The molecular formula is C14H16N6O3. The fourth-order valence-corrected chi connectivity index (χ4v) is 3.40. The van der Waals surface area contributed by atoms with Gasteiger partial charge in [0.25, 0.3) is 0 Å². The molecule has 3 heterocycles. The standard InChI is InChI=1S/C14H16N6O3/c1-23-14(22)9-3-7-2-8(7)20(9)10(21)4-19-6-18-11-12(15)16-5-17-13(11)19/h5-9H,2-4H2,1H3,(H2,15,16,17)/t7-,8-,9+/m1/s1. The zero-order valence-corrected chi connectivity index (χ0v) is 12.5. The number of nitrogens with two attached hydrogens (primary N) is 1. The third-order valence-corrected chi connectivity index (χ3v) is 4.60. The number of aromatic nitrogens is 4. The maximum absolute atomic E-state index is 12.7. The molecule has 2 aromatic rings. The van der Waals surface area contributed by atoms with E-state index in [0.29, 0.717) is 23.5 Å². The lowest BCUT2D eigenvalue weighted by molar-refractivity contribution is -0.152. The first kappa shape index (κ1) is 13.9. The number of rotatable bonds is 3. The second-order valence-corrected chi connectivity index (χ2v) is 5.94. The summed E-state index contributed by atoms with van der Waals surface area (Å²) < 4.78 is 6.44. The van der Waals surface area contributed by atoms with Crippen LogP contribution in [-0.4, -0.2) is 55.5 Å². The van der Waals surface area contributed by atoms with Crippen LogP contribution in [0, 0.1) is 5.92 Å². The number of likely N-dealkylation sites (tertiary alicyclic amines) is 1. The molecule has 120 valence electrons. The Bertz CT molecular complexity index is 803. The van der Waals surface area contributed by atoms with Crippen LogP contribution in [0.25, 0.3) is 11.2 Å². The van der Waals surface area contributed by atoms with E-state index < -0.39 is 6.04 Å². The van der Waals surface area contributed by atoms with E-state index >= 15 is 0 Å². The molecule has 4 rings (SSSR count). The first-order valence-corrected chi connectivity index (χ1v) is 7.40. The lowest BCUT2D eigenvalue weighted by Crippen LogP contribution is -2.45. The van der Waals surface area contributed by atoms with Crippen LogP contribution in [0.1, 0.15) is 12.8 Å². The van der Waals surface area contributed by atoms with Crippen molar-refractivity contribution in [3.63, 3.8) is 0 Å². The maximum atomic E-state index is 12.7. The van der Waals surface area contributed by atoms with E-state index in [1.54, 1.807) is 9.47 Å². The Hall–Kier alpha value is -2.71. The van der Waals surface area contributed by atoms with Gasteiger partial charge in [-0.3, -0.25) is 4.79 Å². The molecule has 2 aromatic heterocycles. The summed E-state index contributed by atoms with van der Waals surface area (Å²) in [5, 5.41) is 0. The Labute approximate surface area is 131 Å². The van der Waals surface area contributed by atoms with Gasteiger partial charge in [0, 0.05) is 6.04 Å². The van der Waals surface area contributed by atoms with Gasteiger partial charge in [0.2, 0.25) is 5.91 Å². The van der Waals surface area contributed by atoms with Crippen LogP contribution < -0.4 is 5.73 Å². The lowest BCUT2D eigenvalue weighted by atomic mass is 10.1. The van der Waals surface area contributed by atoms with Crippen molar-refractivity contribution in [2.45, 2.75) is 31.5 Å². The highest BCUT2D eigenvalue weighted by molar-refractivity contribution is 5.87. The summed E-state index contributed by atoms with van der Waals surface area (Å²) in [6.07, 6.45) is 4.49. The minimum Gasteiger partial charge on any atom is -0.467 e. The Kier molecular flexibility index (Phi) is 2.97. The summed E-state index contributed by atoms with van der Waals surface area (Å²) in [4.78, 5) is 38.4. The Morgan fingerprint density at radius 1 is 1.35 bits per heavy atom. The number of carbonyl (C=O) groups is 2. The fourth-order valence-electron chi connectivity index (χ4n) is 3.40. The van der Waals surface area contributed by atoms with E-state index in [2.05, 4.69) is 15.0 Å². The number of anilines is 1. The SMILES string of the molecule is COC(=O)[C@@H]1C[C@H]2C[C@H]2N1C(=O)Cn1cnc2c(N)ncnc21. The van der Waals surface area contributed by atoms with Crippen LogP contribution in [0.4, 0.5) is 5.82 Å². The number of piperidine rings is 1. The summed E-state index contributed by atoms with van der Waals surface area (Å²) in [7, 11) is 1.35. The molecule has 2 N–H and O–H groups in total. The number of fused-ring (bicyclic) bond motifs is 2. The molecule has 0 unspecified atom stereocenters. The van der Waals surface area contributed by atoms with Crippen molar-refractivity contribution in [1.29, 1.82) is 0 Å². The zero-order chi connectivity index (χ0) is 16.1. The van der Waals surface area contributed by atoms with Crippen molar-refractivity contribution >= 4 is 28.9 Å². The summed E-state index contributed by atoms with van der Waals surface area (Å²) in [5.41, 5.74) is 6.72. The number of ether oxygens (including phenoxy) is 1. The second kappa shape index (κ2) is 4.90. The number of esters is 1. The van der Waals surface area contributed by atoms with Gasteiger partial charge in [0.15, 0.2) is 11.5 Å². The van der Waals surface area contributed by atoms with Gasteiger partial charge in [-0.25, -0.2) is 19.7 Å². The minimum atomic E-state index is -0.481. The van der Waals surface area contributed by atoms with E-state index in [4.69, 9.17) is 10.5 Å². The van der Waals surface area contributed by atoms with Crippen molar-refractivity contribution < 1.29 is 14.3 Å². The van der Waals surface area contributed by atoms with Crippen LogP contribution in [0.5, 0.6) is 0 Å². The van der Waals surface area contributed by atoms with Crippen LogP contribution in [0.2, 0.25) is 0 Å². The smallest absolute Gasteiger partial charge is 0.328 e. The van der Waals surface area contributed by atoms with Gasteiger partial charge >= 0.3 is 5.97 Å². The van der Waals surface area contributed by atoms with E-state index in [1.165, 1.54) is 19.8 Å². The molecule has 0 radical (unpaired) electrons. The van der Waals surface area contributed by atoms with Crippen LogP contribution >= 0.6 is 0 Å². The molecule has 9 heteroatoms. The number of hydrogen-bond acceptors (Lipinski definition) is 7. The molecule has 1 saturated carbocycles. The highest BCUT2D eigenvalue weighted by atomic mass is 16.5. The molecular weight excluding hydrogens is 300 g/mol. The second-order valence-electron chi connectivity index (χ2n) is 5.94. The van der Waals surface area contributed by atoms with Gasteiger partial charge in [-0.15, -0.1) is 0 Å². The molecule has 2 aliphatic rings. The highest BCUT2D eigenvalue weighted by Gasteiger charge is 2.56. The quantitative estimate of drug-likeness (QED) is 0.764. The van der Waals surface area contributed by atoms with E-state index in [0.717, 1.165) is 6.42 Å². The molecule has 0 bridgehead atoms. The number of carbonyl (C=O) groups excluding carboxylic acids is 2. The summed E-state index contributed by atoms with van der Waals surface area (Å²) in [6, 6.07) is -0.327. The van der Waals surface area contributed by atoms with Gasteiger partial charge in [0.05, 0.1) is 13.4 Å². The van der Waals surface area contributed by atoms with Crippen molar-refractivity contribution in [3.8, 4) is 0 Å².